The van der Waals surface area contributed by atoms with E-state index in [0.29, 0.717) is 5.92 Å². The van der Waals surface area contributed by atoms with Crippen LogP contribution >= 0.6 is 0 Å². The van der Waals surface area contributed by atoms with Gasteiger partial charge in [0.2, 0.25) is 5.91 Å². The normalized spacial score (nSPS) is 23.4. The summed E-state index contributed by atoms with van der Waals surface area (Å²) in [5, 5.41) is 25.1. The van der Waals surface area contributed by atoms with Gasteiger partial charge in [-0.3, -0.25) is 20.4 Å². The van der Waals surface area contributed by atoms with E-state index in [1.54, 1.807) is 0 Å². The largest absolute Gasteiger partial charge is 0.396 e. The number of carbonyl (C=O) groups excluding carboxylic acids is 2. The summed E-state index contributed by atoms with van der Waals surface area (Å²) in [5.74, 6) is 0.210. The molecule has 4 atom stereocenters. The summed E-state index contributed by atoms with van der Waals surface area (Å²) in [4.78, 5) is 29.9. The van der Waals surface area contributed by atoms with Gasteiger partial charge in [0, 0.05) is 24.9 Å². The van der Waals surface area contributed by atoms with Crippen LogP contribution in [-0.4, -0.2) is 80.2 Å². The maximum absolute atomic E-state index is 12.9. The Morgan fingerprint density at radius 2 is 1.48 bits per heavy atom. The average Bonchev–Trinajstić information content (AvgIpc) is 3.12. The highest BCUT2D eigenvalue weighted by molar-refractivity contribution is 6.01. The number of hydrogen-bond acceptors (Lipinski definition) is 7. The first-order valence-electron chi connectivity index (χ1n) is 18.1. The van der Waals surface area contributed by atoms with E-state index < -0.39 is 12.1 Å². The molecule has 0 saturated carbocycles. The predicted molar refractivity (Wildman–Crippen MR) is 183 cm³/mol. The smallest absolute Gasteiger partial charge is 0.321 e. The molecule has 1 heterocycles. The number of allylic oxidation sites excluding steroid dienone is 1. The average molecular weight is 619 g/mol. The predicted octanol–water partition coefficient (Wildman–Crippen LogP) is 5.38. The number of hydrogen-bond donors (Lipinski definition) is 6. The minimum atomic E-state index is -0.445. The van der Waals surface area contributed by atoms with Crippen molar-refractivity contribution in [2.24, 2.45) is 10.9 Å². The van der Waals surface area contributed by atoms with E-state index in [-0.39, 0.29) is 24.6 Å². The van der Waals surface area contributed by atoms with Crippen molar-refractivity contribution in [3.8, 4) is 0 Å². The fraction of sp³-hybridized carbons (Fsp3) is 0.857. The van der Waals surface area contributed by atoms with Crippen LogP contribution in [0.15, 0.2) is 16.6 Å². The van der Waals surface area contributed by atoms with Crippen molar-refractivity contribution < 1.29 is 14.7 Å². The van der Waals surface area contributed by atoms with E-state index in [1.165, 1.54) is 56.2 Å². The first-order chi connectivity index (χ1) is 21.4. The first-order valence-corrected chi connectivity index (χ1v) is 18.1. The fourth-order valence-corrected chi connectivity index (χ4v) is 6.31. The molecule has 3 amide bonds. The van der Waals surface area contributed by atoms with Gasteiger partial charge in [0.15, 0.2) is 0 Å². The van der Waals surface area contributed by atoms with Crippen molar-refractivity contribution >= 4 is 17.6 Å². The Balaban J connectivity index is 1.70. The molecule has 1 fully saturated rings. The lowest BCUT2D eigenvalue weighted by molar-refractivity contribution is -0.123. The van der Waals surface area contributed by atoms with E-state index in [4.69, 9.17) is 10.1 Å². The number of urea groups is 1. The molecule has 254 valence electrons. The van der Waals surface area contributed by atoms with Gasteiger partial charge in [-0.2, -0.15) is 0 Å². The number of amides is 3. The third-order valence-corrected chi connectivity index (χ3v) is 8.89. The summed E-state index contributed by atoms with van der Waals surface area (Å²) in [6.45, 7) is 12.1. The number of imide groups is 1. The molecule has 6 N–H and O–H groups in total. The number of nitrogens with one attached hydrogen (secondary N) is 5. The van der Waals surface area contributed by atoms with Gasteiger partial charge in [-0.05, 0) is 96.0 Å². The van der Waals surface area contributed by atoms with Gasteiger partial charge in [-0.15, -0.1) is 0 Å². The number of aliphatic hydroxyl groups is 1. The summed E-state index contributed by atoms with van der Waals surface area (Å²) in [6, 6.07) is -0.995. The van der Waals surface area contributed by atoms with Crippen LogP contribution in [0.5, 0.6) is 0 Å². The number of nitrogens with zero attached hydrogens (tertiary/aromatic N) is 1. The molecule has 1 saturated heterocycles. The zero-order valence-electron chi connectivity index (χ0n) is 28.4. The molecule has 44 heavy (non-hydrogen) atoms. The maximum atomic E-state index is 12.9. The lowest BCUT2D eigenvalue weighted by Crippen LogP contribution is -2.66. The second-order valence-electron chi connectivity index (χ2n) is 13.2. The molecular formula is C35H66N6O3. The summed E-state index contributed by atoms with van der Waals surface area (Å²) in [6.07, 6.45) is 21.2. The minimum Gasteiger partial charge on any atom is -0.396 e. The molecule has 0 radical (unpaired) electrons. The SMILES string of the molecule is CCCCCCCNCCCCNCCCN=C1CC(C)CC(NC2C(=O)NC(=O)NC2CCCCCCCCO)C=C1C. The van der Waals surface area contributed by atoms with Gasteiger partial charge in [0.25, 0.3) is 0 Å². The zero-order valence-corrected chi connectivity index (χ0v) is 28.4. The van der Waals surface area contributed by atoms with Crippen LogP contribution in [0.25, 0.3) is 0 Å². The van der Waals surface area contributed by atoms with Gasteiger partial charge in [0.1, 0.15) is 6.04 Å². The highest BCUT2D eigenvalue weighted by Gasteiger charge is 2.36. The van der Waals surface area contributed by atoms with Crippen LogP contribution in [0.3, 0.4) is 0 Å². The van der Waals surface area contributed by atoms with Crippen LogP contribution in [-0.2, 0) is 4.79 Å². The molecule has 0 aromatic carbocycles. The van der Waals surface area contributed by atoms with E-state index >= 15 is 0 Å². The quantitative estimate of drug-likeness (QED) is 0.0763. The molecule has 0 aromatic heterocycles. The molecule has 4 unspecified atom stereocenters. The van der Waals surface area contributed by atoms with Crippen LogP contribution in [0.2, 0.25) is 0 Å². The fourth-order valence-electron chi connectivity index (χ4n) is 6.31. The van der Waals surface area contributed by atoms with E-state index in [2.05, 4.69) is 53.4 Å². The number of aliphatic imine (C=N–C) groups is 1. The van der Waals surface area contributed by atoms with Crippen LogP contribution in [0.1, 0.15) is 130 Å². The zero-order chi connectivity index (χ0) is 31.8. The van der Waals surface area contributed by atoms with Crippen molar-refractivity contribution in [1.29, 1.82) is 0 Å². The summed E-state index contributed by atoms with van der Waals surface area (Å²) >= 11 is 0. The van der Waals surface area contributed by atoms with Crippen molar-refractivity contribution in [3.63, 3.8) is 0 Å². The molecular weight excluding hydrogens is 552 g/mol. The Morgan fingerprint density at radius 3 is 2.18 bits per heavy atom. The molecule has 2 aliphatic rings. The van der Waals surface area contributed by atoms with Gasteiger partial charge in [-0.25, -0.2) is 4.79 Å². The third-order valence-electron chi connectivity index (χ3n) is 8.89. The van der Waals surface area contributed by atoms with Crippen molar-refractivity contribution in [2.45, 2.75) is 148 Å². The monoisotopic (exact) mass is 619 g/mol. The molecule has 0 aromatic rings. The van der Waals surface area contributed by atoms with E-state index in [0.717, 1.165) is 96.9 Å². The second-order valence-corrected chi connectivity index (χ2v) is 13.2. The van der Waals surface area contributed by atoms with Gasteiger partial charge < -0.3 is 21.1 Å². The van der Waals surface area contributed by atoms with Gasteiger partial charge >= 0.3 is 6.03 Å². The van der Waals surface area contributed by atoms with Crippen LogP contribution in [0, 0.1) is 5.92 Å². The summed E-state index contributed by atoms with van der Waals surface area (Å²) < 4.78 is 0. The van der Waals surface area contributed by atoms with Crippen molar-refractivity contribution in [3.05, 3.63) is 11.6 Å². The second kappa shape index (κ2) is 24.4. The molecule has 2 rings (SSSR count). The summed E-state index contributed by atoms with van der Waals surface area (Å²) in [5.41, 5.74) is 2.37. The molecule has 0 bridgehead atoms. The molecule has 1 aliphatic carbocycles. The van der Waals surface area contributed by atoms with E-state index in [1.807, 2.05) is 0 Å². The Morgan fingerprint density at radius 1 is 0.864 bits per heavy atom. The highest BCUT2D eigenvalue weighted by Crippen LogP contribution is 2.23. The lowest BCUT2D eigenvalue weighted by Gasteiger charge is -2.34. The highest BCUT2D eigenvalue weighted by atomic mass is 16.3. The molecule has 1 aliphatic heterocycles. The van der Waals surface area contributed by atoms with Gasteiger partial charge in [0.05, 0.1) is 6.04 Å². The van der Waals surface area contributed by atoms with Crippen LogP contribution < -0.4 is 26.6 Å². The Bertz CT molecular complexity index is 848. The van der Waals surface area contributed by atoms with Gasteiger partial charge in [-0.1, -0.05) is 77.7 Å². The standard InChI is InChI=1S/C35H66N6O3/c1-4-5-6-10-13-19-36-20-14-15-21-37-22-17-23-38-32-26-28(2)25-30(27-29(32)3)39-33-31(40-35(44)41-34(33)43)18-12-9-7-8-11-16-24-42/h27-28,30-31,33,36-37,39,42H,4-26H2,1-3H3,(H2,40,41,43,44). The van der Waals surface area contributed by atoms with E-state index in [9.17, 15) is 9.59 Å². The lowest BCUT2D eigenvalue weighted by atomic mass is 9.95. The van der Waals surface area contributed by atoms with Crippen LogP contribution in [0.4, 0.5) is 4.79 Å². The Hall–Kier alpha value is -1.81. The number of unbranched alkanes of at least 4 members (excludes halogenated alkanes) is 10. The number of rotatable bonds is 25. The Kier molecular flexibility index (Phi) is 21.3. The number of aliphatic hydroxyl groups excluding tert-OH is 1. The molecule has 9 heteroatoms. The first kappa shape index (κ1) is 38.4. The maximum Gasteiger partial charge on any atom is 0.321 e. The topological polar surface area (TPSA) is 127 Å². The summed E-state index contributed by atoms with van der Waals surface area (Å²) in [7, 11) is 0. The minimum absolute atomic E-state index is 0.0571. The molecule has 9 nitrogen and oxygen atoms in total. The van der Waals surface area contributed by atoms with Crippen molar-refractivity contribution in [1.82, 2.24) is 26.6 Å². The Labute approximate surface area is 268 Å². The third kappa shape index (κ3) is 17.0. The molecule has 0 spiro atoms. The number of carbonyl (C=O) groups is 2. The van der Waals surface area contributed by atoms with Crippen molar-refractivity contribution in [2.75, 3.05) is 39.3 Å².